The molecule has 1 unspecified atom stereocenters. The molecule has 11 heteroatoms. The highest BCUT2D eigenvalue weighted by Gasteiger charge is 2.32. The minimum Gasteiger partial charge on any atom is -0.497 e. The van der Waals surface area contributed by atoms with Gasteiger partial charge >= 0.3 is 0 Å². The van der Waals surface area contributed by atoms with E-state index >= 15 is 0 Å². The van der Waals surface area contributed by atoms with Gasteiger partial charge in [0, 0.05) is 23.2 Å². The van der Waals surface area contributed by atoms with Crippen LogP contribution in [0.5, 0.6) is 11.5 Å². The quantitative estimate of drug-likeness (QED) is 0.496. The van der Waals surface area contributed by atoms with Gasteiger partial charge in [0.1, 0.15) is 24.1 Å². The highest BCUT2D eigenvalue weighted by Crippen LogP contribution is 2.34. The summed E-state index contributed by atoms with van der Waals surface area (Å²) >= 11 is 6.00. The third-order valence-electron chi connectivity index (χ3n) is 5.27. The number of sulfonamides is 1. The van der Waals surface area contributed by atoms with Gasteiger partial charge in [-0.25, -0.2) is 8.42 Å². The molecule has 0 spiro atoms. The van der Waals surface area contributed by atoms with Gasteiger partial charge in [-0.1, -0.05) is 23.7 Å². The van der Waals surface area contributed by atoms with Crippen LogP contribution in [0.15, 0.2) is 42.5 Å². The number of methoxy groups -OCH3 is 2. The summed E-state index contributed by atoms with van der Waals surface area (Å²) in [6, 6.07) is 10.6. The average molecular weight is 540 g/mol. The van der Waals surface area contributed by atoms with Crippen molar-refractivity contribution < 1.29 is 27.5 Å². The van der Waals surface area contributed by atoms with Crippen LogP contribution in [0.1, 0.15) is 33.3 Å². The predicted molar refractivity (Wildman–Crippen MR) is 141 cm³/mol. The van der Waals surface area contributed by atoms with Crippen molar-refractivity contribution in [3.05, 3.63) is 53.1 Å². The maximum Gasteiger partial charge on any atom is 0.244 e. The van der Waals surface area contributed by atoms with E-state index in [0.717, 1.165) is 16.1 Å². The fraction of sp³-hybridized carbons (Fsp3) is 0.440. The number of nitrogens with zero attached hydrogens (tertiary/aromatic N) is 2. The molecule has 0 aromatic heterocycles. The maximum atomic E-state index is 13.7. The lowest BCUT2D eigenvalue weighted by Gasteiger charge is -2.33. The SMILES string of the molecule is COc1ccc(OC)c(N(CC(=O)N(Cc2ccc(Cl)cc2)C(C)C(=O)NC(C)(C)C)S(C)(=O)=O)c1. The Kier molecular flexibility index (Phi) is 9.62. The van der Waals surface area contributed by atoms with Gasteiger partial charge < -0.3 is 19.7 Å². The number of halogens is 1. The van der Waals surface area contributed by atoms with E-state index in [0.29, 0.717) is 10.8 Å². The van der Waals surface area contributed by atoms with Crippen LogP contribution in [0, 0.1) is 0 Å². The second-order valence-electron chi connectivity index (χ2n) is 9.37. The van der Waals surface area contributed by atoms with Crippen LogP contribution < -0.4 is 19.1 Å². The summed E-state index contributed by atoms with van der Waals surface area (Å²) in [5.41, 5.74) is 0.353. The van der Waals surface area contributed by atoms with Crippen LogP contribution >= 0.6 is 11.6 Å². The fourth-order valence-electron chi connectivity index (χ4n) is 3.43. The molecule has 0 fully saturated rings. The first-order chi connectivity index (χ1) is 16.7. The van der Waals surface area contributed by atoms with E-state index in [1.165, 1.54) is 25.2 Å². The number of ether oxygens (including phenoxy) is 2. The third kappa shape index (κ3) is 8.03. The van der Waals surface area contributed by atoms with Gasteiger partial charge in [0.25, 0.3) is 0 Å². The molecule has 1 N–H and O–H groups in total. The molecule has 2 aromatic carbocycles. The average Bonchev–Trinajstić information content (AvgIpc) is 2.79. The number of benzene rings is 2. The van der Waals surface area contributed by atoms with Gasteiger partial charge in [-0.05, 0) is 57.5 Å². The lowest BCUT2D eigenvalue weighted by atomic mass is 10.1. The Morgan fingerprint density at radius 1 is 1.06 bits per heavy atom. The number of hydrogen-bond donors (Lipinski definition) is 1. The number of hydrogen-bond acceptors (Lipinski definition) is 6. The number of nitrogens with one attached hydrogen (secondary N) is 1. The van der Waals surface area contributed by atoms with Crippen LogP contribution in [0.3, 0.4) is 0 Å². The van der Waals surface area contributed by atoms with Gasteiger partial charge in [0.15, 0.2) is 0 Å². The Morgan fingerprint density at radius 2 is 1.67 bits per heavy atom. The Labute approximate surface area is 218 Å². The van der Waals surface area contributed by atoms with Crippen LogP contribution in [-0.4, -0.2) is 63.7 Å². The van der Waals surface area contributed by atoms with Crippen LogP contribution in [0.2, 0.25) is 5.02 Å². The number of amides is 2. The van der Waals surface area contributed by atoms with Gasteiger partial charge in [-0.2, -0.15) is 0 Å². The summed E-state index contributed by atoms with van der Waals surface area (Å²) in [4.78, 5) is 28.0. The number of carbonyl (C=O) groups is 2. The van der Waals surface area contributed by atoms with E-state index in [1.807, 2.05) is 20.8 Å². The summed E-state index contributed by atoms with van der Waals surface area (Å²) in [5.74, 6) is -0.300. The lowest BCUT2D eigenvalue weighted by molar-refractivity contribution is -0.140. The van der Waals surface area contributed by atoms with E-state index in [2.05, 4.69) is 5.32 Å². The molecule has 0 aliphatic rings. The molecule has 1 atom stereocenters. The Hall–Kier alpha value is -2.98. The Balaban J connectivity index is 2.49. The van der Waals surface area contributed by atoms with E-state index < -0.39 is 34.1 Å². The van der Waals surface area contributed by atoms with E-state index in [-0.39, 0.29) is 23.9 Å². The van der Waals surface area contributed by atoms with Crippen molar-refractivity contribution in [3.8, 4) is 11.5 Å². The number of carbonyl (C=O) groups excluding carboxylic acids is 2. The molecule has 0 aliphatic heterocycles. The molecule has 0 radical (unpaired) electrons. The second-order valence-corrected chi connectivity index (χ2v) is 11.7. The van der Waals surface area contributed by atoms with Crippen molar-refractivity contribution in [2.45, 2.75) is 45.8 Å². The molecule has 0 saturated carbocycles. The molecule has 2 aromatic rings. The predicted octanol–water partition coefficient (Wildman–Crippen LogP) is 3.46. The smallest absolute Gasteiger partial charge is 0.244 e. The topological polar surface area (TPSA) is 105 Å². The normalized spacial score (nSPS) is 12.4. The minimum atomic E-state index is -3.93. The van der Waals surface area contributed by atoms with E-state index in [1.54, 1.807) is 43.3 Å². The highest BCUT2D eigenvalue weighted by molar-refractivity contribution is 7.92. The number of rotatable bonds is 10. The molecule has 36 heavy (non-hydrogen) atoms. The summed E-state index contributed by atoms with van der Waals surface area (Å²) in [7, 11) is -1.07. The Bertz CT molecular complexity index is 1180. The monoisotopic (exact) mass is 539 g/mol. The van der Waals surface area contributed by atoms with Crippen molar-refractivity contribution in [1.29, 1.82) is 0 Å². The standard InChI is InChI=1S/C25H34ClN3O6S/c1-17(24(31)27-25(2,3)4)28(15-18-8-10-19(26)11-9-18)23(30)16-29(36(7,32)33)21-14-20(34-5)12-13-22(21)35-6/h8-14,17H,15-16H2,1-7H3,(H,27,31). The fourth-order valence-corrected chi connectivity index (χ4v) is 4.40. The molecule has 198 valence electrons. The van der Waals surface area contributed by atoms with E-state index in [9.17, 15) is 18.0 Å². The number of anilines is 1. The zero-order valence-corrected chi connectivity index (χ0v) is 23.2. The van der Waals surface area contributed by atoms with Gasteiger partial charge in [-0.15, -0.1) is 0 Å². The molecule has 0 aliphatic carbocycles. The zero-order chi connectivity index (χ0) is 27.3. The molecule has 0 saturated heterocycles. The summed E-state index contributed by atoms with van der Waals surface area (Å²) in [6.45, 7) is 6.63. The molecule has 2 rings (SSSR count). The summed E-state index contributed by atoms with van der Waals surface area (Å²) in [6.07, 6.45) is 0.998. The highest BCUT2D eigenvalue weighted by atomic mass is 35.5. The second kappa shape index (κ2) is 11.8. The Morgan fingerprint density at radius 3 is 2.17 bits per heavy atom. The molecule has 2 amide bonds. The van der Waals surface area contributed by atoms with Crippen molar-refractivity contribution >= 4 is 39.1 Å². The molecule has 0 bridgehead atoms. The minimum absolute atomic E-state index is 0.0710. The first-order valence-electron chi connectivity index (χ1n) is 11.2. The van der Waals surface area contributed by atoms with E-state index in [4.69, 9.17) is 21.1 Å². The first-order valence-corrected chi connectivity index (χ1v) is 13.4. The zero-order valence-electron chi connectivity index (χ0n) is 21.7. The molecule has 9 nitrogen and oxygen atoms in total. The summed E-state index contributed by atoms with van der Waals surface area (Å²) < 4.78 is 37.1. The van der Waals surface area contributed by atoms with Crippen LogP contribution in [0.25, 0.3) is 0 Å². The van der Waals surface area contributed by atoms with Crippen LogP contribution in [-0.2, 0) is 26.2 Å². The van der Waals surface area contributed by atoms with Crippen LogP contribution in [0.4, 0.5) is 5.69 Å². The molecule has 0 heterocycles. The van der Waals surface area contributed by atoms with Gasteiger partial charge in [0.2, 0.25) is 21.8 Å². The van der Waals surface area contributed by atoms with Crippen molar-refractivity contribution in [1.82, 2.24) is 10.2 Å². The largest absolute Gasteiger partial charge is 0.497 e. The summed E-state index contributed by atoms with van der Waals surface area (Å²) in [5, 5.41) is 3.41. The van der Waals surface area contributed by atoms with Gasteiger partial charge in [-0.3, -0.25) is 13.9 Å². The first kappa shape index (κ1) is 29.3. The maximum absolute atomic E-state index is 13.7. The molecular formula is C25H34ClN3O6S. The molecular weight excluding hydrogens is 506 g/mol. The third-order valence-corrected chi connectivity index (χ3v) is 6.64. The van der Waals surface area contributed by atoms with Crippen molar-refractivity contribution in [2.24, 2.45) is 0 Å². The van der Waals surface area contributed by atoms with Crippen molar-refractivity contribution in [2.75, 3.05) is 31.3 Å². The van der Waals surface area contributed by atoms with Gasteiger partial charge in [0.05, 0.1) is 26.2 Å². The van der Waals surface area contributed by atoms with Crippen molar-refractivity contribution in [3.63, 3.8) is 0 Å². The lowest BCUT2D eigenvalue weighted by Crippen LogP contribution is -2.54.